The molecule has 0 bridgehead atoms. The first-order valence-corrected chi connectivity index (χ1v) is 7.28. The lowest BCUT2D eigenvalue weighted by atomic mass is 10.2. The van der Waals surface area contributed by atoms with Gasteiger partial charge in [-0.2, -0.15) is 0 Å². The van der Waals surface area contributed by atoms with Crippen LogP contribution < -0.4 is 11.1 Å². The van der Waals surface area contributed by atoms with E-state index in [0.717, 1.165) is 11.4 Å². The van der Waals surface area contributed by atoms with Crippen LogP contribution in [0.5, 0.6) is 0 Å². The van der Waals surface area contributed by atoms with Crippen LogP contribution >= 0.6 is 22.7 Å². The second-order valence-corrected chi connectivity index (χ2v) is 6.42. The van der Waals surface area contributed by atoms with Gasteiger partial charge in [0.05, 0.1) is 4.88 Å². The smallest absolute Gasteiger partial charge is 0.267 e. The monoisotopic (exact) mass is 280 g/mol. The zero-order chi connectivity index (χ0) is 12.7. The Morgan fingerprint density at radius 1 is 1.56 bits per heavy atom. The fourth-order valence-corrected chi connectivity index (χ4v) is 3.22. The molecule has 2 aromatic heterocycles. The Morgan fingerprint density at radius 3 is 2.94 bits per heavy atom. The number of nitrogens with zero attached hydrogens (tertiary/aromatic N) is 2. The number of carbonyl (C=O) groups excluding carboxylic acids is 1. The fourth-order valence-electron chi connectivity index (χ4n) is 1.77. The second kappa shape index (κ2) is 4.42. The summed E-state index contributed by atoms with van der Waals surface area (Å²) < 4.78 is 0. The van der Waals surface area contributed by atoms with Crippen molar-refractivity contribution in [2.75, 3.05) is 5.32 Å². The molecule has 5 nitrogen and oxygen atoms in total. The summed E-state index contributed by atoms with van der Waals surface area (Å²) in [5.41, 5.74) is 6.97. The minimum atomic E-state index is -0.128. The molecule has 0 saturated heterocycles. The minimum Gasteiger partial charge on any atom is -0.327 e. The highest BCUT2D eigenvalue weighted by Gasteiger charge is 2.35. The number of hydrogen-bond acceptors (Lipinski definition) is 6. The van der Waals surface area contributed by atoms with Crippen molar-refractivity contribution in [1.82, 2.24) is 10.2 Å². The number of aryl methyl sites for hydroxylation is 1. The van der Waals surface area contributed by atoms with E-state index < -0.39 is 0 Å². The molecular formula is C11H12N4OS2. The predicted molar refractivity (Wildman–Crippen MR) is 72.3 cm³/mol. The van der Waals surface area contributed by atoms with Crippen LogP contribution in [-0.4, -0.2) is 22.1 Å². The molecule has 1 aliphatic rings. The molecule has 1 aliphatic carbocycles. The van der Waals surface area contributed by atoms with E-state index in [1.807, 2.05) is 18.4 Å². The normalized spacial score (nSPS) is 21.9. The summed E-state index contributed by atoms with van der Waals surface area (Å²) in [6.07, 6.45) is 1.02. The third-order valence-corrected chi connectivity index (χ3v) is 4.56. The molecule has 3 rings (SSSR count). The lowest BCUT2D eigenvalue weighted by Gasteiger charge is -1.96. The van der Waals surface area contributed by atoms with Crippen molar-refractivity contribution in [2.24, 2.45) is 5.73 Å². The van der Waals surface area contributed by atoms with E-state index in [4.69, 9.17) is 5.73 Å². The summed E-state index contributed by atoms with van der Waals surface area (Å²) in [5, 5.41) is 13.9. The van der Waals surface area contributed by atoms with Crippen molar-refractivity contribution >= 4 is 33.7 Å². The summed E-state index contributed by atoms with van der Waals surface area (Å²) >= 11 is 2.81. The number of hydrogen-bond donors (Lipinski definition) is 2. The highest BCUT2D eigenvalue weighted by atomic mass is 32.1. The molecule has 0 aromatic carbocycles. The lowest BCUT2D eigenvalue weighted by molar-refractivity contribution is 0.103. The Morgan fingerprint density at radius 2 is 2.33 bits per heavy atom. The highest BCUT2D eigenvalue weighted by molar-refractivity contribution is 7.15. The third kappa shape index (κ3) is 2.29. The van der Waals surface area contributed by atoms with Gasteiger partial charge in [-0.05, 0) is 30.4 Å². The molecule has 0 radical (unpaired) electrons. The fraction of sp³-hybridized carbons (Fsp3) is 0.364. The first-order chi connectivity index (χ1) is 8.63. The van der Waals surface area contributed by atoms with Crippen LogP contribution in [0.1, 0.15) is 32.6 Å². The number of amides is 1. The quantitative estimate of drug-likeness (QED) is 0.900. The van der Waals surface area contributed by atoms with E-state index in [1.165, 1.54) is 28.2 Å². The van der Waals surface area contributed by atoms with Crippen molar-refractivity contribution in [3.05, 3.63) is 26.9 Å². The van der Waals surface area contributed by atoms with Gasteiger partial charge in [-0.25, -0.2) is 0 Å². The summed E-state index contributed by atoms with van der Waals surface area (Å²) in [4.78, 5) is 12.7. The summed E-state index contributed by atoms with van der Waals surface area (Å²) in [5.74, 6) is 0.309. The van der Waals surface area contributed by atoms with E-state index in [1.54, 1.807) is 0 Å². The van der Waals surface area contributed by atoms with Gasteiger partial charge in [0.2, 0.25) is 5.13 Å². The molecule has 18 heavy (non-hydrogen) atoms. The van der Waals surface area contributed by atoms with E-state index in [2.05, 4.69) is 15.5 Å². The van der Waals surface area contributed by atoms with Crippen LogP contribution in [-0.2, 0) is 0 Å². The van der Waals surface area contributed by atoms with Crippen molar-refractivity contribution in [3.63, 3.8) is 0 Å². The van der Waals surface area contributed by atoms with Gasteiger partial charge in [0.1, 0.15) is 5.01 Å². The van der Waals surface area contributed by atoms with E-state index in [-0.39, 0.29) is 11.9 Å². The number of nitrogens with one attached hydrogen (secondary N) is 1. The van der Waals surface area contributed by atoms with Crippen LogP contribution in [0.2, 0.25) is 0 Å². The molecule has 2 unspecified atom stereocenters. The number of nitrogens with two attached hydrogens (primary N) is 1. The Hall–Kier alpha value is -1.31. The molecule has 3 N–H and O–H groups in total. The molecule has 1 saturated carbocycles. The maximum atomic E-state index is 12.0. The third-order valence-electron chi connectivity index (χ3n) is 2.86. The number of aromatic nitrogens is 2. The molecule has 7 heteroatoms. The second-order valence-electron chi connectivity index (χ2n) is 4.33. The van der Waals surface area contributed by atoms with Gasteiger partial charge in [-0.3, -0.25) is 10.1 Å². The summed E-state index contributed by atoms with van der Waals surface area (Å²) in [6, 6.07) is 2.19. The largest absolute Gasteiger partial charge is 0.327 e. The van der Waals surface area contributed by atoms with E-state index in [0.29, 0.717) is 15.9 Å². The summed E-state index contributed by atoms with van der Waals surface area (Å²) in [7, 11) is 0. The standard InChI is InChI=1S/C11H12N4OS2/c1-5-14-15-11(18-5)13-10(16)9-2-6(4-17-9)7-3-8(7)12/h2,4,7-8H,3,12H2,1H3,(H,13,15,16). The molecular weight excluding hydrogens is 268 g/mol. The van der Waals surface area contributed by atoms with Crippen molar-refractivity contribution < 1.29 is 4.79 Å². The van der Waals surface area contributed by atoms with Crippen LogP contribution in [0, 0.1) is 6.92 Å². The zero-order valence-corrected chi connectivity index (χ0v) is 11.3. The van der Waals surface area contributed by atoms with E-state index >= 15 is 0 Å². The summed E-state index contributed by atoms with van der Waals surface area (Å²) in [6.45, 7) is 1.85. The average molecular weight is 280 g/mol. The van der Waals surface area contributed by atoms with Gasteiger partial charge in [0.15, 0.2) is 0 Å². The minimum absolute atomic E-state index is 0.128. The molecule has 2 atom stereocenters. The molecule has 1 amide bonds. The van der Waals surface area contributed by atoms with Gasteiger partial charge in [0.25, 0.3) is 5.91 Å². The van der Waals surface area contributed by atoms with Crippen LogP contribution in [0.25, 0.3) is 0 Å². The van der Waals surface area contributed by atoms with Gasteiger partial charge in [-0.1, -0.05) is 11.3 Å². The number of carbonyl (C=O) groups is 1. The molecule has 0 spiro atoms. The Labute approximate surface area is 112 Å². The maximum absolute atomic E-state index is 12.0. The topological polar surface area (TPSA) is 80.9 Å². The van der Waals surface area contributed by atoms with Crippen LogP contribution in [0.15, 0.2) is 11.4 Å². The number of anilines is 1. The average Bonchev–Trinajstić information content (AvgIpc) is 2.79. The molecule has 1 fully saturated rings. The molecule has 2 aromatic rings. The highest BCUT2D eigenvalue weighted by Crippen LogP contribution is 2.40. The number of thiophene rings is 1. The lowest BCUT2D eigenvalue weighted by Crippen LogP contribution is -2.09. The van der Waals surface area contributed by atoms with Gasteiger partial charge in [-0.15, -0.1) is 21.5 Å². The Balaban J connectivity index is 1.70. The first-order valence-electron chi connectivity index (χ1n) is 5.59. The Bertz CT molecular complexity index is 591. The van der Waals surface area contributed by atoms with Crippen molar-refractivity contribution in [2.45, 2.75) is 25.3 Å². The first kappa shape index (κ1) is 11.8. The van der Waals surface area contributed by atoms with Crippen molar-refractivity contribution in [3.8, 4) is 0 Å². The predicted octanol–water partition coefficient (Wildman–Crippen LogP) is 1.97. The molecule has 2 heterocycles. The SMILES string of the molecule is Cc1nnc(NC(=O)c2cc(C3CC3N)cs2)s1. The van der Waals surface area contributed by atoms with Gasteiger partial charge in [0, 0.05) is 12.0 Å². The van der Waals surface area contributed by atoms with Crippen LogP contribution in [0.3, 0.4) is 0 Å². The van der Waals surface area contributed by atoms with Crippen LogP contribution in [0.4, 0.5) is 5.13 Å². The van der Waals surface area contributed by atoms with Crippen molar-refractivity contribution in [1.29, 1.82) is 0 Å². The molecule has 94 valence electrons. The maximum Gasteiger partial charge on any atom is 0.267 e. The van der Waals surface area contributed by atoms with E-state index in [9.17, 15) is 4.79 Å². The number of rotatable bonds is 3. The van der Waals surface area contributed by atoms with Gasteiger partial charge >= 0.3 is 0 Å². The zero-order valence-electron chi connectivity index (χ0n) is 9.71. The molecule has 0 aliphatic heterocycles. The Kier molecular flexibility index (Phi) is 2.89. The van der Waals surface area contributed by atoms with Gasteiger partial charge < -0.3 is 5.73 Å².